The molecule has 0 bridgehead atoms. The van der Waals surface area contributed by atoms with Crippen LogP contribution in [0.4, 0.5) is 0 Å². The molecule has 1 unspecified atom stereocenters. The molecule has 1 aliphatic carbocycles. The highest BCUT2D eigenvalue weighted by Crippen LogP contribution is 2.39. The van der Waals surface area contributed by atoms with E-state index >= 15 is 0 Å². The molecule has 0 radical (unpaired) electrons. The molecule has 0 aliphatic heterocycles. The number of halogens is 2. The van der Waals surface area contributed by atoms with Crippen molar-refractivity contribution < 1.29 is 0 Å². The molecule has 0 amide bonds. The van der Waals surface area contributed by atoms with Crippen LogP contribution in [0.15, 0.2) is 18.2 Å². The molecular formula is C17H25Cl2N. The summed E-state index contributed by atoms with van der Waals surface area (Å²) in [4.78, 5) is 0. The Hall–Kier alpha value is -0.240. The van der Waals surface area contributed by atoms with E-state index in [1.54, 1.807) is 0 Å². The van der Waals surface area contributed by atoms with E-state index < -0.39 is 0 Å². The van der Waals surface area contributed by atoms with Gasteiger partial charge in [0.05, 0.1) is 0 Å². The molecule has 0 aromatic heterocycles. The highest BCUT2D eigenvalue weighted by atomic mass is 35.5. The van der Waals surface area contributed by atoms with Gasteiger partial charge < -0.3 is 5.32 Å². The molecule has 1 aliphatic rings. The summed E-state index contributed by atoms with van der Waals surface area (Å²) in [5, 5.41) is 5.11. The van der Waals surface area contributed by atoms with Gasteiger partial charge in [0.15, 0.2) is 0 Å². The fourth-order valence-corrected chi connectivity index (χ4v) is 4.00. The zero-order valence-electron chi connectivity index (χ0n) is 12.5. The van der Waals surface area contributed by atoms with Gasteiger partial charge in [-0.25, -0.2) is 0 Å². The predicted molar refractivity (Wildman–Crippen MR) is 88.6 cm³/mol. The molecule has 2 rings (SSSR count). The van der Waals surface area contributed by atoms with Crippen molar-refractivity contribution in [3.05, 3.63) is 33.8 Å². The maximum atomic E-state index is 6.17. The van der Waals surface area contributed by atoms with Gasteiger partial charge in [0, 0.05) is 16.1 Å². The Morgan fingerprint density at radius 1 is 1.05 bits per heavy atom. The number of hydrogen-bond donors (Lipinski definition) is 1. The average molecular weight is 314 g/mol. The molecule has 1 N–H and O–H groups in total. The first kappa shape index (κ1) is 16.1. The zero-order valence-corrected chi connectivity index (χ0v) is 14.0. The molecule has 0 heterocycles. The van der Waals surface area contributed by atoms with Crippen LogP contribution >= 0.6 is 23.2 Å². The SMILES string of the molecule is CCNC(c1cc(Cl)cc(Cl)c1)C1CCC(CC)CC1. The van der Waals surface area contributed by atoms with Crippen LogP contribution in [-0.2, 0) is 0 Å². The summed E-state index contributed by atoms with van der Waals surface area (Å²) in [5.41, 5.74) is 1.24. The van der Waals surface area contributed by atoms with E-state index in [1.165, 1.54) is 37.7 Å². The molecule has 0 saturated heterocycles. The van der Waals surface area contributed by atoms with Crippen molar-refractivity contribution in [1.82, 2.24) is 5.32 Å². The van der Waals surface area contributed by atoms with Crippen LogP contribution in [0.5, 0.6) is 0 Å². The van der Waals surface area contributed by atoms with Crippen molar-refractivity contribution in [1.29, 1.82) is 0 Å². The fourth-order valence-electron chi connectivity index (χ4n) is 3.46. The Balaban J connectivity index is 2.14. The van der Waals surface area contributed by atoms with Gasteiger partial charge in [-0.05, 0) is 55.0 Å². The Kier molecular flexibility index (Phi) is 6.20. The van der Waals surface area contributed by atoms with Gasteiger partial charge in [0.2, 0.25) is 0 Å². The molecule has 1 fully saturated rings. The number of rotatable bonds is 5. The van der Waals surface area contributed by atoms with Crippen molar-refractivity contribution >= 4 is 23.2 Å². The van der Waals surface area contributed by atoms with Crippen molar-refractivity contribution in [3.63, 3.8) is 0 Å². The fraction of sp³-hybridized carbons (Fsp3) is 0.647. The van der Waals surface area contributed by atoms with Gasteiger partial charge in [-0.2, -0.15) is 0 Å². The second kappa shape index (κ2) is 7.68. The Morgan fingerprint density at radius 3 is 2.15 bits per heavy atom. The van der Waals surface area contributed by atoms with Crippen molar-refractivity contribution in [2.45, 2.75) is 52.0 Å². The van der Waals surface area contributed by atoms with Gasteiger partial charge in [0.1, 0.15) is 0 Å². The van der Waals surface area contributed by atoms with Crippen LogP contribution in [0.1, 0.15) is 57.6 Å². The summed E-state index contributed by atoms with van der Waals surface area (Å²) in [6, 6.07) is 6.32. The average Bonchev–Trinajstić information content (AvgIpc) is 2.44. The minimum atomic E-state index is 0.383. The molecule has 112 valence electrons. The smallest absolute Gasteiger partial charge is 0.0424 e. The summed E-state index contributed by atoms with van der Waals surface area (Å²) >= 11 is 12.3. The maximum Gasteiger partial charge on any atom is 0.0424 e. The molecular weight excluding hydrogens is 289 g/mol. The lowest BCUT2D eigenvalue weighted by Crippen LogP contribution is -2.31. The van der Waals surface area contributed by atoms with Crippen LogP contribution in [0.25, 0.3) is 0 Å². The van der Waals surface area contributed by atoms with E-state index in [4.69, 9.17) is 23.2 Å². The monoisotopic (exact) mass is 313 g/mol. The number of hydrogen-bond acceptors (Lipinski definition) is 1. The van der Waals surface area contributed by atoms with Crippen molar-refractivity contribution in [2.24, 2.45) is 11.8 Å². The quantitative estimate of drug-likeness (QED) is 0.717. The lowest BCUT2D eigenvalue weighted by molar-refractivity contribution is 0.220. The minimum Gasteiger partial charge on any atom is -0.310 e. The molecule has 20 heavy (non-hydrogen) atoms. The first-order valence-corrected chi connectivity index (χ1v) is 8.59. The van der Waals surface area contributed by atoms with Crippen molar-refractivity contribution in [2.75, 3.05) is 6.54 Å². The van der Waals surface area contributed by atoms with E-state index in [2.05, 4.69) is 31.3 Å². The molecule has 1 saturated carbocycles. The predicted octanol–water partition coefficient (Wildman–Crippen LogP) is 5.86. The minimum absolute atomic E-state index is 0.383. The van der Waals surface area contributed by atoms with E-state index in [0.717, 1.165) is 22.5 Å². The first-order chi connectivity index (χ1) is 9.63. The molecule has 0 spiro atoms. The lowest BCUT2D eigenvalue weighted by Gasteiger charge is -2.34. The Morgan fingerprint density at radius 2 is 1.65 bits per heavy atom. The molecule has 1 nitrogen and oxygen atoms in total. The van der Waals surface area contributed by atoms with Crippen molar-refractivity contribution in [3.8, 4) is 0 Å². The Labute approximate surface area is 133 Å². The van der Waals surface area contributed by atoms with Crippen LogP contribution in [0.2, 0.25) is 10.0 Å². The van der Waals surface area contributed by atoms with Crippen LogP contribution < -0.4 is 5.32 Å². The number of nitrogens with one attached hydrogen (secondary N) is 1. The highest BCUT2D eigenvalue weighted by Gasteiger charge is 2.27. The molecule has 1 aromatic rings. The topological polar surface area (TPSA) is 12.0 Å². The van der Waals surface area contributed by atoms with Gasteiger partial charge in [-0.15, -0.1) is 0 Å². The van der Waals surface area contributed by atoms with E-state index in [1.807, 2.05) is 6.07 Å². The van der Waals surface area contributed by atoms with Crippen LogP contribution in [0, 0.1) is 11.8 Å². The normalized spacial score (nSPS) is 24.6. The highest BCUT2D eigenvalue weighted by molar-refractivity contribution is 6.34. The maximum absolute atomic E-state index is 6.17. The van der Waals surface area contributed by atoms with Gasteiger partial charge in [-0.1, -0.05) is 56.3 Å². The Bertz CT molecular complexity index is 405. The molecule has 1 aromatic carbocycles. The van der Waals surface area contributed by atoms with Crippen LogP contribution in [-0.4, -0.2) is 6.54 Å². The molecule has 3 heteroatoms. The van der Waals surface area contributed by atoms with E-state index in [0.29, 0.717) is 12.0 Å². The third-order valence-corrected chi connectivity index (χ3v) is 5.04. The summed E-state index contributed by atoms with van der Waals surface area (Å²) in [6.07, 6.45) is 6.65. The van der Waals surface area contributed by atoms with E-state index in [9.17, 15) is 0 Å². The first-order valence-electron chi connectivity index (χ1n) is 7.83. The lowest BCUT2D eigenvalue weighted by atomic mass is 9.76. The summed E-state index contributed by atoms with van der Waals surface area (Å²) in [5.74, 6) is 1.63. The number of benzene rings is 1. The van der Waals surface area contributed by atoms with Gasteiger partial charge in [0.25, 0.3) is 0 Å². The third-order valence-electron chi connectivity index (χ3n) is 4.61. The summed E-state index contributed by atoms with van der Waals surface area (Å²) in [6.45, 7) is 5.45. The third kappa shape index (κ3) is 4.13. The van der Waals surface area contributed by atoms with Crippen LogP contribution in [0.3, 0.4) is 0 Å². The van der Waals surface area contributed by atoms with E-state index in [-0.39, 0.29) is 0 Å². The largest absolute Gasteiger partial charge is 0.310 e. The second-order valence-corrected chi connectivity index (χ2v) is 6.80. The summed E-state index contributed by atoms with van der Waals surface area (Å²) < 4.78 is 0. The zero-order chi connectivity index (χ0) is 14.5. The van der Waals surface area contributed by atoms with Gasteiger partial charge >= 0.3 is 0 Å². The second-order valence-electron chi connectivity index (χ2n) is 5.93. The molecule has 1 atom stereocenters. The van der Waals surface area contributed by atoms with Gasteiger partial charge in [-0.3, -0.25) is 0 Å². The standard InChI is InChI=1S/C17H25Cl2N/c1-3-12-5-7-13(8-6-12)17(20-4-2)14-9-15(18)11-16(19)10-14/h9-13,17,20H,3-8H2,1-2H3. The summed E-state index contributed by atoms with van der Waals surface area (Å²) in [7, 11) is 0.